The van der Waals surface area contributed by atoms with Crippen molar-refractivity contribution in [3.63, 3.8) is 0 Å². The Bertz CT molecular complexity index is 1070. The summed E-state index contributed by atoms with van der Waals surface area (Å²) in [5.41, 5.74) is 2.39. The van der Waals surface area contributed by atoms with Gasteiger partial charge in [0.05, 0.1) is 6.54 Å². The number of hydrogen-bond acceptors (Lipinski definition) is 4. The normalized spacial score (nSPS) is 10.9. The topological polar surface area (TPSA) is 67.9 Å². The average Bonchev–Trinajstić information content (AvgIpc) is 2.79. The number of amides is 2. The lowest BCUT2D eigenvalue weighted by Crippen LogP contribution is -2.34. The minimum atomic E-state index is -0.572. The van der Waals surface area contributed by atoms with Crippen LogP contribution in [0.3, 0.4) is 0 Å². The minimum absolute atomic E-state index is 0.224. The predicted molar refractivity (Wildman–Crippen MR) is 129 cm³/mol. The second kappa shape index (κ2) is 10.7. The molecule has 0 aliphatic carbocycles. The summed E-state index contributed by atoms with van der Waals surface area (Å²) in [7, 11) is 1.67. The molecule has 6 nitrogen and oxygen atoms in total. The van der Waals surface area contributed by atoms with E-state index in [1.54, 1.807) is 19.2 Å². The molecule has 3 rings (SSSR count). The molecule has 0 fully saturated rings. The highest BCUT2D eigenvalue weighted by Crippen LogP contribution is 2.20. The van der Waals surface area contributed by atoms with Gasteiger partial charge < -0.3 is 19.7 Å². The van der Waals surface area contributed by atoms with Crippen LogP contribution in [0.25, 0.3) is 0 Å². The number of carbonyl (C=O) groups is 2. The molecular formula is C27H30N2O4. The standard InChI is InChI=1S/C27H30N2O4/c1-27(2,3)33-26(31)29(4)18-22-10-8-9-13-24(22)28-25(30)21-16-14-20(15-17-21)19-32-23-11-6-5-7-12-23/h5-17H,18-19H2,1-4H3,(H,28,30). The Morgan fingerprint density at radius 2 is 1.52 bits per heavy atom. The summed E-state index contributed by atoms with van der Waals surface area (Å²) in [6.45, 7) is 6.21. The molecule has 0 saturated carbocycles. The number of anilines is 1. The van der Waals surface area contributed by atoms with E-state index in [0.717, 1.165) is 16.9 Å². The fraction of sp³-hybridized carbons (Fsp3) is 0.259. The van der Waals surface area contributed by atoms with Crippen LogP contribution in [-0.4, -0.2) is 29.5 Å². The van der Waals surface area contributed by atoms with Crippen molar-refractivity contribution in [3.05, 3.63) is 95.6 Å². The van der Waals surface area contributed by atoms with E-state index in [2.05, 4.69) is 5.32 Å². The summed E-state index contributed by atoms with van der Waals surface area (Å²) in [5.74, 6) is 0.574. The molecule has 0 spiro atoms. The number of carbonyl (C=O) groups excluding carboxylic acids is 2. The Balaban J connectivity index is 1.61. The molecule has 0 radical (unpaired) electrons. The van der Waals surface area contributed by atoms with Gasteiger partial charge in [-0.05, 0) is 62.2 Å². The van der Waals surface area contributed by atoms with Crippen molar-refractivity contribution in [2.24, 2.45) is 0 Å². The first kappa shape index (κ1) is 23.9. The zero-order valence-electron chi connectivity index (χ0n) is 19.5. The van der Waals surface area contributed by atoms with Crippen molar-refractivity contribution >= 4 is 17.7 Å². The van der Waals surface area contributed by atoms with Gasteiger partial charge in [-0.1, -0.05) is 48.5 Å². The second-order valence-corrected chi connectivity index (χ2v) is 8.75. The molecule has 0 atom stereocenters. The predicted octanol–water partition coefficient (Wildman–Crippen LogP) is 5.88. The van der Waals surface area contributed by atoms with Crippen molar-refractivity contribution in [1.29, 1.82) is 0 Å². The molecule has 0 aromatic heterocycles. The number of para-hydroxylation sites is 2. The first-order valence-corrected chi connectivity index (χ1v) is 10.8. The van der Waals surface area contributed by atoms with Gasteiger partial charge in [-0.25, -0.2) is 4.79 Å². The Labute approximate surface area is 195 Å². The quantitative estimate of drug-likeness (QED) is 0.492. The van der Waals surface area contributed by atoms with Crippen molar-refractivity contribution in [3.8, 4) is 5.75 Å². The maximum atomic E-state index is 12.8. The molecule has 0 aliphatic rings. The minimum Gasteiger partial charge on any atom is -0.489 e. The van der Waals surface area contributed by atoms with E-state index in [0.29, 0.717) is 24.4 Å². The summed E-state index contributed by atoms with van der Waals surface area (Å²) in [5, 5.41) is 2.95. The van der Waals surface area contributed by atoms with Crippen molar-refractivity contribution in [1.82, 2.24) is 4.90 Å². The van der Waals surface area contributed by atoms with Gasteiger partial charge in [0.25, 0.3) is 5.91 Å². The first-order chi connectivity index (χ1) is 15.7. The van der Waals surface area contributed by atoms with Gasteiger partial charge in [0.1, 0.15) is 18.0 Å². The van der Waals surface area contributed by atoms with E-state index in [9.17, 15) is 9.59 Å². The van der Waals surface area contributed by atoms with Crippen LogP contribution < -0.4 is 10.1 Å². The lowest BCUT2D eigenvalue weighted by molar-refractivity contribution is 0.0285. The summed E-state index contributed by atoms with van der Waals surface area (Å²) >= 11 is 0. The monoisotopic (exact) mass is 446 g/mol. The number of rotatable bonds is 7. The SMILES string of the molecule is CN(Cc1ccccc1NC(=O)c1ccc(COc2ccccc2)cc1)C(=O)OC(C)(C)C. The molecule has 0 saturated heterocycles. The molecule has 0 aliphatic heterocycles. The van der Waals surface area contributed by atoms with Gasteiger partial charge in [-0.2, -0.15) is 0 Å². The third-order valence-corrected chi connectivity index (χ3v) is 4.74. The van der Waals surface area contributed by atoms with Crippen LogP contribution >= 0.6 is 0 Å². The Morgan fingerprint density at radius 1 is 0.879 bits per heavy atom. The Hall–Kier alpha value is -3.80. The highest BCUT2D eigenvalue weighted by Gasteiger charge is 2.20. The van der Waals surface area contributed by atoms with Gasteiger partial charge in [-0.15, -0.1) is 0 Å². The Kier molecular flexibility index (Phi) is 7.72. The molecule has 172 valence electrons. The molecule has 33 heavy (non-hydrogen) atoms. The molecule has 6 heteroatoms. The molecule has 0 unspecified atom stereocenters. The van der Waals surface area contributed by atoms with E-state index in [4.69, 9.17) is 9.47 Å². The van der Waals surface area contributed by atoms with Gasteiger partial charge >= 0.3 is 6.09 Å². The lowest BCUT2D eigenvalue weighted by Gasteiger charge is -2.25. The summed E-state index contributed by atoms with van der Waals surface area (Å²) in [6, 6.07) is 24.3. The van der Waals surface area contributed by atoms with E-state index >= 15 is 0 Å². The van der Waals surface area contributed by atoms with E-state index in [1.807, 2.05) is 87.5 Å². The number of nitrogens with zero attached hydrogens (tertiary/aromatic N) is 1. The molecule has 1 N–H and O–H groups in total. The molecule has 0 bridgehead atoms. The van der Waals surface area contributed by atoms with Gasteiger partial charge in [0.2, 0.25) is 0 Å². The molecule has 3 aromatic carbocycles. The highest BCUT2D eigenvalue weighted by atomic mass is 16.6. The maximum Gasteiger partial charge on any atom is 0.410 e. The highest BCUT2D eigenvalue weighted by molar-refractivity contribution is 6.04. The van der Waals surface area contributed by atoms with Crippen LogP contribution in [0, 0.1) is 0 Å². The molecule has 3 aromatic rings. The van der Waals surface area contributed by atoms with Gasteiger partial charge in [0, 0.05) is 18.3 Å². The zero-order valence-corrected chi connectivity index (χ0v) is 19.5. The second-order valence-electron chi connectivity index (χ2n) is 8.75. The summed E-state index contributed by atoms with van der Waals surface area (Å²) < 4.78 is 11.2. The molecule has 0 heterocycles. The number of nitrogens with one attached hydrogen (secondary N) is 1. The zero-order chi connectivity index (χ0) is 23.8. The average molecular weight is 447 g/mol. The smallest absolute Gasteiger partial charge is 0.410 e. The number of ether oxygens (including phenoxy) is 2. The van der Waals surface area contributed by atoms with E-state index < -0.39 is 11.7 Å². The molecule has 2 amide bonds. The van der Waals surface area contributed by atoms with Crippen LogP contribution in [-0.2, 0) is 17.9 Å². The molecular weight excluding hydrogens is 416 g/mol. The van der Waals surface area contributed by atoms with Crippen molar-refractivity contribution in [2.75, 3.05) is 12.4 Å². The van der Waals surface area contributed by atoms with Crippen molar-refractivity contribution < 1.29 is 19.1 Å². The number of hydrogen-bond donors (Lipinski definition) is 1. The third-order valence-electron chi connectivity index (χ3n) is 4.74. The van der Waals surface area contributed by atoms with Crippen molar-refractivity contribution in [2.45, 2.75) is 39.5 Å². The largest absolute Gasteiger partial charge is 0.489 e. The lowest BCUT2D eigenvalue weighted by atomic mass is 10.1. The summed E-state index contributed by atoms with van der Waals surface area (Å²) in [4.78, 5) is 26.6. The van der Waals surface area contributed by atoms with E-state index in [1.165, 1.54) is 4.90 Å². The van der Waals surface area contributed by atoms with Crippen LogP contribution in [0.2, 0.25) is 0 Å². The summed E-state index contributed by atoms with van der Waals surface area (Å²) in [6.07, 6.45) is -0.419. The van der Waals surface area contributed by atoms with Crippen LogP contribution in [0.1, 0.15) is 42.3 Å². The third kappa shape index (κ3) is 7.38. The fourth-order valence-corrected chi connectivity index (χ4v) is 3.07. The Morgan fingerprint density at radius 3 is 2.18 bits per heavy atom. The van der Waals surface area contributed by atoms with Crippen LogP contribution in [0.5, 0.6) is 5.75 Å². The van der Waals surface area contributed by atoms with Gasteiger partial charge in [0.15, 0.2) is 0 Å². The van der Waals surface area contributed by atoms with Crippen LogP contribution in [0.15, 0.2) is 78.9 Å². The first-order valence-electron chi connectivity index (χ1n) is 10.8. The van der Waals surface area contributed by atoms with Crippen LogP contribution in [0.4, 0.5) is 10.5 Å². The number of benzene rings is 3. The van der Waals surface area contributed by atoms with Gasteiger partial charge in [-0.3, -0.25) is 4.79 Å². The maximum absolute atomic E-state index is 12.8. The van der Waals surface area contributed by atoms with E-state index in [-0.39, 0.29) is 5.91 Å². The fourth-order valence-electron chi connectivity index (χ4n) is 3.07.